The van der Waals surface area contributed by atoms with Crippen molar-refractivity contribution in [3.63, 3.8) is 0 Å². The standard InChI is InChI=1S/C18H15ClN2O3/c1-12(22)20-16-8-4-5-9-17(16)23-10-13-11-24-18(21-13)14-6-2-3-7-15(14)19/h2-9,11H,10H2,1H3,(H,20,22). The van der Waals surface area contributed by atoms with E-state index >= 15 is 0 Å². The van der Waals surface area contributed by atoms with Crippen LogP contribution in [-0.4, -0.2) is 10.9 Å². The van der Waals surface area contributed by atoms with Crippen LogP contribution in [0.2, 0.25) is 5.02 Å². The Labute approximate surface area is 144 Å². The van der Waals surface area contributed by atoms with Gasteiger partial charge >= 0.3 is 0 Å². The molecule has 1 N–H and O–H groups in total. The molecular formula is C18H15ClN2O3. The summed E-state index contributed by atoms with van der Waals surface area (Å²) in [5.41, 5.74) is 1.96. The van der Waals surface area contributed by atoms with Gasteiger partial charge in [-0.1, -0.05) is 35.9 Å². The zero-order valence-electron chi connectivity index (χ0n) is 13.0. The summed E-state index contributed by atoms with van der Waals surface area (Å²) >= 11 is 6.14. The Morgan fingerprint density at radius 1 is 1.21 bits per heavy atom. The summed E-state index contributed by atoms with van der Waals surface area (Å²) in [5, 5.41) is 3.30. The van der Waals surface area contributed by atoms with Gasteiger partial charge in [-0.2, -0.15) is 0 Å². The van der Waals surface area contributed by atoms with Crippen molar-refractivity contribution in [3.8, 4) is 17.2 Å². The number of nitrogens with zero attached hydrogens (tertiary/aromatic N) is 1. The average Bonchev–Trinajstić information content (AvgIpc) is 3.03. The minimum absolute atomic E-state index is 0.159. The van der Waals surface area contributed by atoms with Crippen molar-refractivity contribution in [2.45, 2.75) is 13.5 Å². The molecule has 3 rings (SSSR count). The minimum atomic E-state index is -0.159. The molecule has 0 bridgehead atoms. The third-order valence-electron chi connectivity index (χ3n) is 3.23. The number of nitrogens with one attached hydrogen (secondary N) is 1. The molecule has 6 heteroatoms. The maximum absolute atomic E-state index is 11.2. The van der Waals surface area contributed by atoms with Crippen molar-refractivity contribution in [2.24, 2.45) is 0 Å². The molecule has 1 heterocycles. The second-order valence-corrected chi connectivity index (χ2v) is 5.50. The molecule has 1 aromatic heterocycles. The Morgan fingerprint density at radius 2 is 1.96 bits per heavy atom. The molecule has 0 radical (unpaired) electrons. The van der Waals surface area contributed by atoms with Gasteiger partial charge in [-0.15, -0.1) is 0 Å². The van der Waals surface area contributed by atoms with E-state index in [1.54, 1.807) is 18.2 Å². The SMILES string of the molecule is CC(=O)Nc1ccccc1OCc1coc(-c2ccccc2Cl)n1. The predicted molar refractivity (Wildman–Crippen MR) is 92.0 cm³/mol. The van der Waals surface area contributed by atoms with Crippen molar-refractivity contribution < 1.29 is 13.9 Å². The van der Waals surface area contributed by atoms with E-state index in [9.17, 15) is 4.79 Å². The molecule has 0 spiro atoms. The number of aromatic nitrogens is 1. The Bertz CT molecular complexity index is 861. The third-order valence-corrected chi connectivity index (χ3v) is 3.56. The lowest BCUT2D eigenvalue weighted by atomic mass is 10.2. The highest BCUT2D eigenvalue weighted by atomic mass is 35.5. The Morgan fingerprint density at radius 3 is 2.75 bits per heavy atom. The number of benzene rings is 2. The highest BCUT2D eigenvalue weighted by Gasteiger charge is 2.11. The van der Waals surface area contributed by atoms with E-state index in [0.29, 0.717) is 28.0 Å². The molecule has 0 saturated carbocycles. The van der Waals surface area contributed by atoms with E-state index in [4.69, 9.17) is 20.8 Å². The van der Waals surface area contributed by atoms with Crippen molar-refractivity contribution in [1.82, 2.24) is 4.98 Å². The van der Waals surface area contributed by atoms with Crippen molar-refractivity contribution in [1.29, 1.82) is 0 Å². The number of rotatable bonds is 5. The average molecular weight is 343 g/mol. The predicted octanol–water partition coefficient (Wildman–Crippen LogP) is 4.53. The number of carbonyl (C=O) groups is 1. The molecule has 0 unspecified atom stereocenters. The van der Waals surface area contributed by atoms with Gasteiger partial charge in [-0.25, -0.2) is 4.98 Å². The van der Waals surface area contributed by atoms with Gasteiger partial charge in [0.25, 0.3) is 0 Å². The summed E-state index contributed by atoms with van der Waals surface area (Å²) in [5.74, 6) is 0.845. The maximum Gasteiger partial charge on any atom is 0.227 e. The molecule has 0 atom stereocenters. The van der Waals surface area contributed by atoms with Crippen LogP contribution in [-0.2, 0) is 11.4 Å². The fourth-order valence-corrected chi connectivity index (χ4v) is 2.39. The van der Waals surface area contributed by atoms with E-state index in [1.807, 2.05) is 30.3 Å². The lowest BCUT2D eigenvalue weighted by Crippen LogP contribution is -2.07. The van der Waals surface area contributed by atoms with E-state index < -0.39 is 0 Å². The van der Waals surface area contributed by atoms with Crippen LogP contribution in [0, 0.1) is 0 Å². The minimum Gasteiger partial charge on any atom is -0.485 e. The van der Waals surface area contributed by atoms with E-state index in [0.717, 1.165) is 5.56 Å². The van der Waals surface area contributed by atoms with E-state index in [-0.39, 0.29) is 12.5 Å². The summed E-state index contributed by atoms with van der Waals surface area (Å²) in [6.07, 6.45) is 1.53. The van der Waals surface area contributed by atoms with Crippen molar-refractivity contribution in [3.05, 3.63) is 65.5 Å². The number of anilines is 1. The highest BCUT2D eigenvalue weighted by Crippen LogP contribution is 2.28. The third kappa shape index (κ3) is 3.75. The molecule has 0 aliphatic rings. The first kappa shape index (κ1) is 16.1. The molecule has 5 nitrogen and oxygen atoms in total. The monoisotopic (exact) mass is 342 g/mol. The van der Waals surface area contributed by atoms with Crippen LogP contribution >= 0.6 is 11.6 Å². The van der Waals surface area contributed by atoms with Gasteiger partial charge in [0, 0.05) is 6.92 Å². The molecule has 0 fully saturated rings. The topological polar surface area (TPSA) is 64.4 Å². The van der Waals surface area contributed by atoms with Gasteiger partial charge in [-0.3, -0.25) is 4.79 Å². The van der Waals surface area contributed by atoms with Crippen LogP contribution < -0.4 is 10.1 Å². The first-order valence-electron chi connectivity index (χ1n) is 7.32. The normalized spacial score (nSPS) is 10.4. The molecule has 0 aliphatic heterocycles. The first-order valence-corrected chi connectivity index (χ1v) is 7.70. The number of hydrogen-bond donors (Lipinski definition) is 1. The zero-order chi connectivity index (χ0) is 16.9. The molecule has 0 aliphatic carbocycles. The number of ether oxygens (including phenoxy) is 1. The Hall–Kier alpha value is -2.79. The van der Waals surface area contributed by atoms with Gasteiger partial charge in [0.1, 0.15) is 24.3 Å². The molecule has 3 aromatic rings. The van der Waals surface area contributed by atoms with E-state index in [2.05, 4.69) is 10.3 Å². The maximum atomic E-state index is 11.2. The van der Waals surface area contributed by atoms with E-state index in [1.165, 1.54) is 13.2 Å². The Balaban J connectivity index is 1.73. The number of para-hydroxylation sites is 2. The molecular weight excluding hydrogens is 328 g/mol. The van der Waals surface area contributed by atoms with Crippen LogP contribution in [0.4, 0.5) is 5.69 Å². The van der Waals surface area contributed by atoms with Gasteiger partial charge in [0.2, 0.25) is 11.8 Å². The number of halogens is 1. The largest absolute Gasteiger partial charge is 0.485 e. The highest BCUT2D eigenvalue weighted by molar-refractivity contribution is 6.33. The Kier molecular flexibility index (Phi) is 4.82. The van der Waals surface area contributed by atoms with Gasteiger partial charge in [0.05, 0.1) is 16.3 Å². The van der Waals surface area contributed by atoms with Crippen LogP contribution in [0.5, 0.6) is 5.75 Å². The summed E-state index contributed by atoms with van der Waals surface area (Å²) in [6.45, 7) is 1.66. The molecule has 122 valence electrons. The number of hydrogen-bond acceptors (Lipinski definition) is 4. The van der Waals surface area contributed by atoms with Gasteiger partial charge in [0.15, 0.2) is 0 Å². The van der Waals surface area contributed by atoms with Crippen molar-refractivity contribution >= 4 is 23.2 Å². The van der Waals surface area contributed by atoms with Crippen molar-refractivity contribution in [2.75, 3.05) is 5.32 Å². The van der Waals surface area contributed by atoms with Gasteiger partial charge < -0.3 is 14.5 Å². The number of amides is 1. The quantitative estimate of drug-likeness (QED) is 0.739. The summed E-state index contributed by atoms with van der Waals surface area (Å²) in [7, 11) is 0. The molecule has 0 saturated heterocycles. The summed E-state index contributed by atoms with van der Waals surface area (Å²) in [4.78, 5) is 15.6. The first-order chi connectivity index (χ1) is 11.6. The second kappa shape index (κ2) is 7.19. The van der Waals surface area contributed by atoms with Crippen LogP contribution in [0.25, 0.3) is 11.5 Å². The fourth-order valence-electron chi connectivity index (χ4n) is 2.17. The lowest BCUT2D eigenvalue weighted by Gasteiger charge is -2.10. The summed E-state index contributed by atoms with van der Waals surface area (Å²) < 4.78 is 11.2. The van der Waals surface area contributed by atoms with Crippen LogP contribution in [0.1, 0.15) is 12.6 Å². The van der Waals surface area contributed by atoms with Crippen LogP contribution in [0.3, 0.4) is 0 Å². The second-order valence-electron chi connectivity index (χ2n) is 5.09. The number of oxazole rings is 1. The zero-order valence-corrected chi connectivity index (χ0v) is 13.7. The smallest absolute Gasteiger partial charge is 0.227 e. The fraction of sp³-hybridized carbons (Fsp3) is 0.111. The van der Waals surface area contributed by atoms with Gasteiger partial charge in [-0.05, 0) is 24.3 Å². The summed E-state index contributed by atoms with van der Waals surface area (Å²) in [6, 6.07) is 14.5. The number of carbonyl (C=O) groups excluding carboxylic acids is 1. The molecule has 24 heavy (non-hydrogen) atoms. The molecule has 2 aromatic carbocycles. The molecule has 1 amide bonds. The van der Waals surface area contributed by atoms with Crippen LogP contribution in [0.15, 0.2) is 59.2 Å². The lowest BCUT2D eigenvalue weighted by molar-refractivity contribution is -0.114.